The van der Waals surface area contributed by atoms with Crippen LogP contribution in [0, 0.1) is 18.3 Å². The van der Waals surface area contributed by atoms with Gasteiger partial charge in [0.1, 0.15) is 6.07 Å². The van der Waals surface area contributed by atoms with Crippen molar-refractivity contribution in [1.82, 2.24) is 14.5 Å². The number of anilines is 1. The first-order valence-electron chi connectivity index (χ1n) is 7.76. The Morgan fingerprint density at radius 2 is 2.19 bits per heavy atom. The average Bonchev–Trinajstić information content (AvgIpc) is 3.08. The molecule has 3 rings (SSSR count). The van der Waals surface area contributed by atoms with Crippen LogP contribution in [0.1, 0.15) is 11.3 Å². The number of aryl methyl sites for hydroxylation is 1. The van der Waals surface area contributed by atoms with Crippen molar-refractivity contribution >= 4 is 17.5 Å². The first-order chi connectivity index (χ1) is 12.6. The largest absolute Gasteiger partial charge is 0.493 e. The fourth-order valence-corrected chi connectivity index (χ4v) is 2.40. The van der Waals surface area contributed by atoms with E-state index in [1.54, 1.807) is 35.3 Å². The summed E-state index contributed by atoms with van der Waals surface area (Å²) in [6, 6.07) is 11.0. The number of ether oxygens (including phenoxy) is 1. The molecule has 0 radical (unpaired) electrons. The molecule has 0 bridgehead atoms. The fraction of sp³-hybridized carbons (Fsp3) is 0.111. The summed E-state index contributed by atoms with van der Waals surface area (Å²) in [6.45, 7) is 1.89. The van der Waals surface area contributed by atoms with E-state index in [0.717, 1.165) is 11.4 Å². The minimum atomic E-state index is 0.136. The number of aliphatic imine (C=N–C) groups is 1. The number of pyridine rings is 1. The van der Waals surface area contributed by atoms with Crippen LogP contribution in [-0.2, 0) is 0 Å². The number of nitrogens with two attached hydrogens (primary N) is 1. The lowest BCUT2D eigenvalue weighted by Crippen LogP contribution is -2.22. The Labute approximate surface area is 150 Å². The van der Waals surface area contributed by atoms with E-state index in [-0.39, 0.29) is 5.96 Å². The van der Waals surface area contributed by atoms with Gasteiger partial charge in [-0.3, -0.25) is 0 Å². The molecule has 3 aromatic rings. The first-order valence-corrected chi connectivity index (χ1v) is 7.76. The predicted octanol–water partition coefficient (Wildman–Crippen LogP) is 2.51. The molecule has 0 spiro atoms. The molecule has 26 heavy (non-hydrogen) atoms. The van der Waals surface area contributed by atoms with E-state index < -0.39 is 0 Å². The van der Waals surface area contributed by atoms with E-state index in [9.17, 15) is 5.26 Å². The number of benzene rings is 1. The molecule has 0 aliphatic heterocycles. The summed E-state index contributed by atoms with van der Waals surface area (Å²) in [5, 5.41) is 12.4. The van der Waals surface area contributed by atoms with Gasteiger partial charge >= 0.3 is 0 Å². The van der Waals surface area contributed by atoms with Gasteiger partial charge in [0.15, 0.2) is 17.5 Å². The minimum Gasteiger partial charge on any atom is -0.493 e. The zero-order chi connectivity index (χ0) is 18.5. The van der Waals surface area contributed by atoms with Crippen LogP contribution >= 0.6 is 0 Å². The van der Waals surface area contributed by atoms with E-state index in [0.29, 0.717) is 22.8 Å². The van der Waals surface area contributed by atoms with Crippen LogP contribution < -0.4 is 15.8 Å². The number of hydrogen-bond acceptors (Lipinski definition) is 5. The van der Waals surface area contributed by atoms with Gasteiger partial charge in [-0.15, -0.1) is 0 Å². The molecule has 0 saturated heterocycles. The van der Waals surface area contributed by atoms with Gasteiger partial charge in [-0.05, 0) is 37.3 Å². The van der Waals surface area contributed by atoms with Crippen molar-refractivity contribution in [2.24, 2.45) is 10.7 Å². The van der Waals surface area contributed by atoms with Crippen LogP contribution in [0.4, 0.5) is 11.5 Å². The van der Waals surface area contributed by atoms with Gasteiger partial charge in [-0.1, -0.05) is 0 Å². The molecule has 0 saturated carbocycles. The van der Waals surface area contributed by atoms with Crippen LogP contribution in [0.2, 0.25) is 0 Å². The van der Waals surface area contributed by atoms with Crippen molar-refractivity contribution < 1.29 is 4.74 Å². The van der Waals surface area contributed by atoms with Crippen LogP contribution in [0.25, 0.3) is 5.69 Å². The zero-order valence-electron chi connectivity index (χ0n) is 14.3. The predicted molar refractivity (Wildman–Crippen MR) is 98.7 cm³/mol. The number of guanidine groups is 1. The molecule has 130 valence electrons. The van der Waals surface area contributed by atoms with E-state index in [1.807, 2.05) is 25.3 Å². The molecule has 2 aromatic heterocycles. The monoisotopic (exact) mass is 347 g/mol. The highest BCUT2D eigenvalue weighted by atomic mass is 16.5. The Bertz CT molecular complexity index is 1000. The molecule has 8 nitrogen and oxygen atoms in total. The number of methoxy groups -OCH3 is 1. The molecule has 0 aliphatic rings. The average molecular weight is 347 g/mol. The summed E-state index contributed by atoms with van der Waals surface area (Å²) in [7, 11) is 1.54. The lowest BCUT2D eigenvalue weighted by Gasteiger charge is -2.10. The normalized spacial score (nSPS) is 11.0. The summed E-state index contributed by atoms with van der Waals surface area (Å²) < 4.78 is 6.99. The van der Waals surface area contributed by atoms with Crippen LogP contribution in [0.15, 0.2) is 54.0 Å². The molecule has 2 heterocycles. The van der Waals surface area contributed by atoms with Gasteiger partial charge < -0.3 is 20.4 Å². The van der Waals surface area contributed by atoms with Gasteiger partial charge in [-0.25, -0.2) is 9.97 Å². The van der Waals surface area contributed by atoms with Gasteiger partial charge in [-0.2, -0.15) is 10.3 Å². The summed E-state index contributed by atoms with van der Waals surface area (Å²) in [5.74, 6) is 1.02. The maximum absolute atomic E-state index is 9.45. The van der Waals surface area contributed by atoms with Crippen molar-refractivity contribution in [2.75, 3.05) is 12.4 Å². The topological polar surface area (TPSA) is 114 Å². The standard InChI is InChI=1S/C18H17N7O/c1-12-10-25(11-22-12)15-6-5-14(8-13(15)9-19)23-18(20)24-17-16(26-2)4-3-7-21-17/h3-8,10-11H,1-2H3,(H3,20,21,23,24). The quantitative estimate of drug-likeness (QED) is 0.553. The number of nitrogens with one attached hydrogen (secondary N) is 1. The Kier molecular flexibility index (Phi) is 4.80. The number of nitrogens with zero attached hydrogens (tertiary/aromatic N) is 5. The number of rotatable bonds is 4. The third-order valence-corrected chi connectivity index (χ3v) is 3.58. The maximum Gasteiger partial charge on any atom is 0.200 e. The third-order valence-electron chi connectivity index (χ3n) is 3.58. The van der Waals surface area contributed by atoms with Gasteiger partial charge in [0.05, 0.1) is 30.4 Å². The maximum atomic E-state index is 9.45. The van der Waals surface area contributed by atoms with Gasteiger partial charge in [0, 0.05) is 18.1 Å². The Morgan fingerprint density at radius 1 is 1.35 bits per heavy atom. The smallest absolute Gasteiger partial charge is 0.200 e. The second-order valence-electron chi connectivity index (χ2n) is 5.42. The van der Waals surface area contributed by atoms with Crippen LogP contribution in [0.3, 0.4) is 0 Å². The van der Waals surface area contributed by atoms with Crippen LogP contribution in [-0.4, -0.2) is 27.6 Å². The molecule has 0 atom stereocenters. The molecule has 8 heteroatoms. The molecule has 3 N–H and O–H groups in total. The highest BCUT2D eigenvalue weighted by Crippen LogP contribution is 2.24. The highest BCUT2D eigenvalue weighted by Gasteiger charge is 2.08. The van der Waals surface area contributed by atoms with E-state index in [4.69, 9.17) is 10.5 Å². The molecular formula is C18H17N7O. The third kappa shape index (κ3) is 3.62. The number of aromatic nitrogens is 3. The van der Waals surface area contributed by atoms with E-state index in [1.165, 1.54) is 7.11 Å². The zero-order valence-corrected chi connectivity index (χ0v) is 14.3. The number of imidazole rings is 1. The Balaban J connectivity index is 1.86. The lowest BCUT2D eigenvalue weighted by molar-refractivity contribution is 0.414. The lowest BCUT2D eigenvalue weighted by atomic mass is 10.1. The molecular weight excluding hydrogens is 330 g/mol. The number of hydrogen-bond donors (Lipinski definition) is 2. The minimum absolute atomic E-state index is 0.136. The molecule has 1 aromatic carbocycles. The van der Waals surface area contributed by atoms with E-state index >= 15 is 0 Å². The van der Waals surface area contributed by atoms with Crippen LogP contribution in [0.5, 0.6) is 5.75 Å². The van der Waals surface area contributed by atoms with Gasteiger partial charge in [0.2, 0.25) is 0 Å². The summed E-state index contributed by atoms with van der Waals surface area (Å²) in [4.78, 5) is 12.5. The second-order valence-corrected chi connectivity index (χ2v) is 5.42. The molecule has 0 fully saturated rings. The molecule has 0 amide bonds. The first kappa shape index (κ1) is 17.0. The summed E-state index contributed by atoms with van der Waals surface area (Å²) in [5.41, 5.74) is 8.68. The Morgan fingerprint density at radius 3 is 2.88 bits per heavy atom. The van der Waals surface area contributed by atoms with E-state index in [2.05, 4.69) is 26.3 Å². The van der Waals surface area contributed by atoms with Crippen molar-refractivity contribution in [1.29, 1.82) is 5.26 Å². The summed E-state index contributed by atoms with van der Waals surface area (Å²) >= 11 is 0. The van der Waals surface area contributed by atoms with Crippen molar-refractivity contribution in [3.05, 3.63) is 60.3 Å². The highest BCUT2D eigenvalue weighted by molar-refractivity contribution is 5.94. The SMILES string of the molecule is COc1cccnc1N=C(N)Nc1ccc(-n2cnc(C)c2)c(C#N)c1. The Hall–Kier alpha value is -3.86. The fourth-order valence-electron chi connectivity index (χ4n) is 2.40. The number of nitriles is 1. The molecule has 0 unspecified atom stereocenters. The van der Waals surface area contributed by atoms with Crippen molar-refractivity contribution in [3.8, 4) is 17.5 Å². The molecule has 0 aliphatic carbocycles. The summed E-state index contributed by atoms with van der Waals surface area (Å²) in [6.07, 6.45) is 5.12. The van der Waals surface area contributed by atoms with Gasteiger partial charge in [0.25, 0.3) is 0 Å². The van der Waals surface area contributed by atoms with Crippen molar-refractivity contribution in [2.45, 2.75) is 6.92 Å². The second kappa shape index (κ2) is 7.36. The van der Waals surface area contributed by atoms with Crippen molar-refractivity contribution in [3.63, 3.8) is 0 Å².